The van der Waals surface area contributed by atoms with Crippen LogP contribution in [0.4, 0.5) is 0 Å². The second kappa shape index (κ2) is 6.42. The lowest BCUT2D eigenvalue weighted by atomic mass is 10.4. The third-order valence-electron chi connectivity index (χ3n) is 2.09. The Kier molecular flexibility index (Phi) is 5.51. The van der Waals surface area contributed by atoms with Gasteiger partial charge in [0.1, 0.15) is 0 Å². The standard InChI is InChI=1S/C9H12ClN3OS.ClH/c1-14-4-2-11-6-7-8(10)12-9-13(7)3-5-15-9;/h3,5,11H,2,4,6H2,1H3;1H. The van der Waals surface area contributed by atoms with Gasteiger partial charge in [0.15, 0.2) is 10.1 Å². The predicted molar refractivity (Wildman–Crippen MR) is 68.9 cm³/mol. The lowest BCUT2D eigenvalue weighted by Crippen LogP contribution is -2.19. The molecule has 0 saturated heterocycles. The Morgan fingerprint density at radius 3 is 3.19 bits per heavy atom. The highest BCUT2D eigenvalue weighted by Gasteiger charge is 2.09. The van der Waals surface area contributed by atoms with E-state index in [1.807, 2.05) is 16.0 Å². The number of fused-ring (bicyclic) bond motifs is 1. The van der Waals surface area contributed by atoms with Crippen molar-refractivity contribution in [2.45, 2.75) is 6.54 Å². The molecule has 0 unspecified atom stereocenters. The van der Waals surface area contributed by atoms with Gasteiger partial charge >= 0.3 is 0 Å². The molecule has 4 nitrogen and oxygen atoms in total. The quantitative estimate of drug-likeness (QED) is 0.854. The summed E-state index contributed by atoms with van der Waals surface area (Å²) >= 11 is 7.61. The molecule has 0 aromatic carbocycles. The third-order valence-corrected chi connectivity index (χ3v) is 3.15. The molecule has 0 spiro atoms. The van der Waals surface area contributed by atoms with E-state index < -0.39 is 0 Å². The number of halogens is 2. The average molecular weight is 282 g/mol. The van der Waals surface area contributed by atoms with Crippen LogP contribution in [0.3, 0.4) is 0 Å². The maximum absolute atomic E-state index is 6.03. The molecule has 16 heavy (non-hydrogen) atoms. The molecule has 0 fully saturated rings. The Morgan fingerprint density at radius 2 is 2.44 bits per heavy atom. The molecule has 0 aliphatic rings. The van der Waals surface area contributed by atoms with E-state index in [1.54, 1.807) is 18.4 Å². The van der Waals surface area contributed by atoms with Crippen molar-refractivity contribution < 1.29 is 4.74 Å². The molecule has 1 N–H and O–H groups in total. The minimum absolute atomic E-state index is 0. The van der Waals surface area contributed by atoms with Crippen LogP contribution in [0.2, 0.25) is 5.15 Å². The summed E-state index contributed by atoms with van der Waals surface area (Å²) in [5.41, 5.74) is 1.00. The lowest BCUT2D eigenvalue weighted by molar-refractivity contribution is 0.199. The highest BCUT2D eigenvalue weighted by Crippen LogP contribution is 2.20. The molecule has 2 aromatic rings. The van der Waals surface area contributed by atoms with Crippen LogP contribution in [0, 0.1) is 0 Å². The van der Waals surface area contributed by atoms with E-state index >= 15 is 0 Å². The molecule has 0 amide bonds. The minimum Gasteiger partial charge on any atom is -0.383 e. The highest BCUT2D eigenvalue weighted by molar-refractivity contribution is 7.15. The van der Waals surface area contributed by atoms with E-state index in [-0.39, 0.29) is 12.4 Å². The molecular weight excluding hydrogens is 269 g/mol. The number of nitrogens with one attached hydrogen (secondary N) is 1. The number of thiazole rings is 1. The summed E-state index contributed by atoms with van der Waals surface area (Å²) in [6, 6.07) is 0. The largest absolute Gasteiger partial charge is 0.383 e. The van der Waals surface area contributed by atoms with Crippen LogP contribution in [0.15, 0.2) is 11.6 Å². The summed E-state index contributed by atoms with van der Waals surface area (Å²) in [6.07, 6.45) is 1.98. The van der Waals surface area contributed by atoms with Crippen molar-refractivity contribution in [3.05, 3.63) is 22.4 Å². The smallest absolute Gasteiger partial charge is 0.195 e. The number of ether oxygens (including phenoxy) is 1. The van der Waals surface area contributed by atoms with E-state index in [4.69, 9.17) is 16.3 Å². The van der Waals surface area contributed by atoms with Crippen molar-refractivity contribution in [2.24, 2.45) is 0 Å². The number of hydrogen-bond acceptors (Lipinski definition) is 4. The van der Waals surface area contributed by atoms with Gasteiger partial charge in [-0.1, -0.05) is 11.6 Å². The van der Waals surface area contributed by atoms with Gasteiger partial charge in [0, 0.05) is 31.8 Å². The summed E-state index contributed by atoms with van der Waals surface area (Å²) in [5.74, 6) is 0. The highest BCUT2D eigenvalue weighted by atomic mass is 35.5. The molecule has 0 aliphatic heterocycles. The molecule has 2 aromatic heterocycles. The van der Waals surface area contributed by atoms with Crippen molar-refractivity contribution >= 4 is 40.3 Å². The summed E-state index contributed by atoms with van der Waals surface area (Å²) < 4.78 is 6.95. The predicted octanol–water partition coefficient (Wildman–Crippen LogP) is 2.21. The zero-order valence-electron chi connectivity index (χ0n) is 8.77. The van der Waals surface area contributed by atoms with Crippen molar-refractivity contribution in [2.75, 3.05) is 20.3 Å². The van der Waals surface area contributed by atoms with Crippen molar-refractivity contribution in [3.8, 4) is 0 Å². The van der Waals surface area contributed by atoms with Gasteiger partial charge in [-0.3, -0.25) is 4.40 Å². The first-order chi connectivity index (χ1) is 7.33. The Labute approximate surface area is 109 Å². The summed E-state index contributed by atoms with van der Waals surface area (Å²) in [4.78, 5) is 5.18. The zero-order valence-corrected chi connectivity index (χ0v) is 11.2. The lowest BCUT2D eigenvalue weighted by Gasteiger charge is -2.03. The number of rotatable bonds is 5. The van der Waals surface area contributed by atoms with Gasteiger partial charge in [-0.15, -0.1) is 23.7 Å². The van der Waals surface area contributed by atoms with E-state index in [1.165, 1.54) is 0 Å². The van der Waals surface area contributed by atoms with Gasteiger partial charge in [-0.25, -0.2) is 4.98 Å². The normalized spacial score (nSPS) is 10.6. The second-order valence-corrected chi connectivity index (χ2v) is 4.31. The first-order valence-corrected chi connectivity index (χ1v) is 5.88. The molecule has 2 rings (SSSR count). The van der Waals surface area contributed by atoms with Gasteiger partial charge in [0.25, 0.3) is 0 Å². The van der Waals surface area contributed by atoms with Gasteiger partial charge in [0.05, 0.1) is 12.3 Å². The van der Waals surface area contributed by atoms with Gasteiger partial charge in [-0.2, -0.15) is 0 Å². The number of methoxy groups -OCH3 is 1. The Bertz CT molecular complexity index is 443. The van der Waals surface area contributed by atoms with Crippen LogP contribution in [0.25, 0.3) is 4.96 Å². The average Bonchev–Trinajstić information content (AvgIpc) is 2.75. The van der Waals surface area contributed by atoms with Gasteiger partial charge in [0.2, 0.25) is 0 Å². The molecule has 0 aliphatic carbocycles. The zero-order chi connectivity index (χ0) is 10.7. The van der Waals surface area contributed by atoms with Crippen LogP contribution >= 0.6 is 35.3 Å². The number of aromatic nitrogens is 2. The Hall–Kier alpha value is -0.330. The Morgan fingerprint density at radius 1 is 1.62 bits per heavy atom. The fourth-order valence-electron chi connectivity index (χ4n) is 1.35. The van der Waals surface area contributed by atoms with Crippen LogP contribution < -0.4 is 5.32 Å². The first kappa shape index (κ1) is 13.7. The van der Waals surface area contributed by atoms with Crippen LogP contribution in [-0.4, -0.2) is 29.6 Å². The second-order valence-electron chi connectivity index (χ2n) is 3.07. The van der Waals surface area contributed by atoms with Crippen molar-refractivity contribution in [1.29, 1.82) is 0 Å². The maximum atomic E-state index is 6.03. The molecular formula is C9H13Cl2N3OS. The monoisotopic (exact) mass is 281 g/mol. The summed E-state index contributed by atoms with van der Waals surface area (Å²) in [5, 5.41) is 5.82. The topological polar surface area (TPSA) is 38.6 Å². The summed E-state index contributed by atoms with van der Waals surface area (Å²) in [7, 11) is 1.69. The van der Waals surface area contributed by atoms with Crippen molar-refractivity contribution in [3.63, 3.8) is 0 Å². The van der Waals surface area contributed by atoms with Crippen molar-refractivity contribution in [1.82, 2.24) is 14.7 Å². The molecule has 0 saturated carbocycles. The molecule has 7 heteroatoms. The molecule has 0 bridgehead atoms. The van der Waals surface area contributed by atoms with Crippen LogP contribution in [0.1, 0.15) is 5.69 Å². The SMILES string of the molecule is COCCNCc1c(Cl)nc2sccn12.Cl. The van der Waals surface area contributed by atoms with E-state index in [2.05, 4.69) is 10.3 Å². The van der Waals surface area contributed by atoms with E-state index in [9.17, 15) is 0 Å². The summed E-state index contributed by atoms with van der Waals surface area (Å²) in [6.45, 7) is 2.22. The number of imidazole rings is 1. The molecule has 0 radical (unpaired) electrons. The third kappa shape index (κ3) is 2.87. The number of nitrogens with zero attached hydrogens (tertiary/aromatic N) is 2. The first-order valence-electron chi connectivity index (χ1n) is 4.62. The van der Waals surface area contributed by atoms with Crippen LogP contribution in [0.5, 0.6) is 0 Å². The van der Waals surface area contributed by atoms with E-state index in [0.29, 0.717) is 18.3 Å². The maximum Gasteiger partial charge on any atom is 0.195 e. The van der Waals surface area contributed by atoms with Gasteiger partial charge < -0.3 is 10.1 Å². The van der Waals surface area contributed by atoms with Crippen LogP contribution in [-0.2, 0) is 11.3 Å². The molecule has 90 valence electrons. The van der Waals surface area contributed by atoms with Gasteiger partial charge in [-0.05, 0) is 0 Å². The fourth-order valence-corrected chi connectivity index (χ4v) is 2.37. The van der Waals surface area contributed by atoms with E-state index in [0.717, 1.165) is 17.2 Å². The minimum atomic E-state index is 0. The Balaban J connectivity index is 0.00000128. The fraction of sp³-hybridized carbons (Fsp3) is 0.444. The molecule has 0 atom stereocenters. The molecule has 2 heterocycles. The number of hydrogen-bond donors (Lipinski definition) is 1.